The molecule has 1 atom stereocenters. The lowest BCUT2D eigenvalue weighted by Gasteiger charge is -2.10. The van der Waals surface area contributed by atoms with Gasteiger partial charge in [-0.15, -0.1) is 11.3 Å². The molecular weight excluding hydrogens is 340 g/mol. The van der Waals surface area contributed by atoms with Crippen molar-refractivity contribution < 1.29 is 9.90 Å². The van der Waals surface area contributed by atoms with E-state index in [-0.39, 0.29) is 18.6 Å². The average molecular weight is 358 g/mol. The predicted octanol–water partition coefficient (Wildman–Crippen LogP) is 3.70. The number of fused-ring (bicyclic) bond motifs is 1. The molecule has 0 saturated heterocycles. The molecule has 0 aliphatic rings. The molecule has 1 aromatic heterocycles. The first-order chi connectivity index (χ1) is 11.7. The molecule has 1 amide bonds. The van der Waals surface area contributed by atoms with Gasteiger partial charge in [0.2, 0.25) is 0 Å². The number of aliphatic hydroxyl groups excluding tert-OH is 1. The number of nitrogens with one attached hydrogen (secondary N) is 1. The zero-order valence-corrected chi connectivity index (χ0v) is 14.9. The van der Waals surface area contributed by atoms with E-state index in [1.807, 2.05) is 42.5 Å². The SMILES string of the molecule is CC(CO)NC(=O)c1ccc(CSc2nc3ccccc3s2)cc1. The summed E-state index contributed by atoms with van der Waals surface area (Å²) < 4.78 is 2.25. The second-order valence-corrected chi connectivity index (χ2v) is 7.74. The predicted molar refractivity (Wildman–Crippen MR) is 99.6 cm³/mol. The Labute approximate surface area is 148 Å². The molecule has 24 heavy (non-hydrogen) atoms. The molecule has 0 radical (unpaired) electrons. The Bertz CT molecular complexity index is 797. The van der Waals surface area contributed by atoms with Crippen molar-refractivity contribution in [2.24, 2.45) is 0 Å². The van der Waals surface area contributed by atoms with E-state index in [0.29, 0.717) is 5.56 Å². The summed E-state index contributed by atoms with van der Waals surface area (Å²) in [5.74, 6) is 0.649. The van der Waals surface area contributed by atoms with Gasteiger partial charge in [-0.05, 0) is 36.8 Å². The van der Waals surface area contributed by atoms with Crippen LogP contribution in [-0.2, 0) is 5.75 Å². The Morgan fingerprint density at radius 2 is 2.00 bits per heavy atom. The molecule has 2 aromatic carbocycles. The van der Waals surface area contributed by atoms with Crippen LogP contribution in [0.3, 0.4) is 0 Å². The number of nitrogens with zero attached hydrogens (tertiary/aromatic N) is 1. The monoisotopic (exact) mass is 358 g/mol. The third-order valence-electron chi connectivity index (χ3n) is 3.50. The number of benzene rings is 2. The molecule has 1 unspecified atom stereocenters. The Morgan fingerprint density at radius 3 is 2.71 bits per heavy atom. The smallest absolute Gasteiger partial charge is 0.251 e. The largest absolute Gasteiger partial charge is 0.394 e. The third kappa shape index (κ3) is 4.14. The minimum atomic E-state index is -0.244. The number of thioether (sulfide) groups is 1. The number of carbonyl (C=O) groups is 1. The summed E-state index contributed by atoms with van der Waals surface area (Å²) in [6.07, 6.45) is 0. The van der Waals surface area contributed by atoms with Crippen LogP contribution in [0, 0.1) is 0 Å². The van der Waals surface area contributed by atoms with E-state index in [0.717, 1.165) is 21.2 Å². The Balaban J connectivity index is 1.60. The molecule has 124 valence electrons. The van der Waals surface area contributed by atoms with Gasteiger partial charge in [-0.3, -0.25) is 4.79 Å². The molecule has 0 aliphatic heterocycles. The van der Waals surface area contributed by atoms with Gasteiger partial charge in [-0.2, -0.15) is 0 Å². The highest BCUT2D eigenvalue weighted by Gasteiger charge is 2.09. The first-order valence-corrected chi connectivity index (χ1v) is 9.45. The van der Waals surface area contributed by atoms with Crippen LogP contribution in [0.2, 0.25) is 0 Å². The number of carbonyl (C=O) groups excluding carboxylic acids is 1. The normalized spacial score (nSPS) is 12.2. The molecule has 2 N–H and O–H groups in total. The van der Waals surface area contributed by atoms with Crippen LogP contribution in [-0.4, -0.2) is 28.6 Å². The first kappa shape index (κ1) is 17.0. The minimum Gasteiger partial charge on any atom is -0.394 e. The zero-order chi connectivity index (χ0) is 16.9. The fourth-order valence-electron chi connectivity index (χ4n) is 2.16. The number of aromatic nitrogens is 1. The van der Waals surface area contributed by atoms with Gasteiger partial charge >= 0.3 is 0 Å². The highest BCUT2D eigenvalue weighted by molar-refractivity contribution is 8.00. The zero-order valence-electron chi connectivity index (χ0n) is 13.2. The molecular formula is C18H18N2O2S2. The number of aliphatic hydroxyl groups is 1. The molecule has 6 heteroatoms. The van der Waals surface area contributed by atoms with E-state index in [1.165, 1.54) is 4.70 Å². The maximum absolute atomic E-state index is 12.0. The fraction of sp³-hybridized carbons (Fsp3) is 0.222. The Hall–Kier alpha value is -1.89. The summed E-state index contributed by atoms with van der Waals surface area (Å²) in [6.45, 7) is 1.70. The lowest BCUT2D eigenvalue weighted by Crippen LogP contribution is -2.34. The lowest BCUT2D eigenvalue weighted by atomic mass is 10.1. The van der Waals surface area contributed by atoms with Crippen molar-refractivity contribution in [3.05, 3.63) is 59.7 Å². The van der Waals surface area contributed by atoms with E-state index >= 15 is 0 Å². The number of hydrogen-bond acceptors (Lipinski definition) is 5. The number of rotatable bonds is 6. The van der Waals surface area contributed by atoms with E-state index in [4.69, 9.17) is 5.11 Å². The topological polar surface area (TPSA) is 62.2 Å². The molecule has 1 heterocycles. The van der Waals surface area contributed by atoms with E-state index in [1.54, 1.807) is 30.0 Å². The summed E-state index contributed by atoms with van der Waals surface area (Å²) in [5.41, 5.74) is 2.78. The number of hydrogen-bond donors (Lipinski definition) is 2. The van der Waals surface area contributed by atoms with Crippen LogP contribution in [0.1, 0.15) is 22.8 Å². The summed E-state index contributed by atoms with van der Waals surface area (Å²) in [4.78, 5) is 16.6. The van der Waals surface area contributed by atoms with Crippen molar-refractivity contribution in [2.75, 3.05) is 6.61 Å². The lowest BCUT2D eigenvalue weighted by molar-refractivity contribution is 0.0922. The van der Waals surface area contributed by atoms with Gasteiger partial charge in [0.05, 0.1) is 16.8 Å². The molecule has 0 fully saturated rings. The fourth-order valence-corrected chi connectivity index (χ4v) is 4.19. The van der Waals surface area contributed by atoms with Crippen molar-refractivity contribution in [3.8, 4) is 0 Å². The average Bonchev–Trinajstić information content (AvgIpc) is 3.03. The summed E-state index contributed by atoms with van der Waals surface area (Å²) in [5, 5.41) is 11.7. The van der Waals surface area contributed by atoms with Gasteiger partial charge in [0.15, 0.2) is 4.34 Å². The van der Waals surface area contributed by atoms with Crippen molar-refractivity contribution in [1.29, 1.82) is 0 Å². The second-order valence-electron chi connectivity index (χ2n) is 5.49. The van der Waals surface area contributed by atoms with Crippen LogP contribution in [0.25, 0.3) is 10.2 Å². The Morgan fingerprint density at radius 1 is 1.25 bits per heavy atom. The highest BCUT2D eigenvalue weighted by atomic mass is 32.2. The maximum Gasteiger partial charge on any atom is 0.251 e. The van der Waals surface area contributed by atoms with Crippen LogP contribution in [0.5, 0.6) is 0 Å². The van der Waals surface area contributed by atoms with Gasteiger partial charge in [-0.25, -0.2) is 4.98 Å². The number of thiazole rings is 1. The number of para-hydroxylation sites is 1. The molecule has 4 nitrogen and oxygen atoms in total. The Kier molecular flexibility index (Phi) is 5.50. The summed E-state index contributed by atoms with van der Waals surface area (Å²) in [7, 11) is 0. The maximum atomic E-state index is 12.0. The van der Waals surface area contributed by atoms with Crippen molar-refractivity contribution in [3.63, 3.8) is 0 Å². The van der Waals surface area contributed by atoms with E-state index in [9.17, 15) is 4.79 Å². The number of amides is 1. The van der Waals surface area contributed by atoms with Crippen LogP contribution < -0.4 is 5.32 Å². The van der Waals surface area contributed by atoms with Crippen LogP contribution >= 0.6 is 23.1 Å². The van der Waals surface area contributed by atoms with Crippen LogP contribution in [0.4, 0.5) is 0 Å². The molecule has 0 aliphatic carbocycles. The van der Waals surface area contributed by atoms with Crippen molar-refractivity contribution in [2.45, 2.75) is 23.1 Å². The second kappa shape index (κ2) is 7.79. The van der Waals surface area contributed by atoms with Crippen molar-refractivity contribution in [1.82, 2.24) is 10.3 Å². The van der Waals surface area contributed by atoms with Gasteiger partial charge in [0, 0.05) is 17.4 Å². The molecule has 3 aromatic rings. The minimum absolute atomic E-state index is 0.0668. The molecule has 3 rings (SSSR count). The molecule has 0 bridgehead atoms. The molecule has 0 spiro atoms. The van der Waals surface area contributed by atoms with Crippen LogP contribution in [0.15, 0.2) is 52.9 Å². The quantitative estimate of drug-likeness (QED) is 0.660. The molecule has 0 saturated carbocycles. The van der Waals surface area contributed by atoms with Gasteiger partial charge in [0.1, 0.15) is 0 Å². The summed E-state index contributed by atoms with van der Waals surface area (Å²) in [6, 6.07) is 15.4. The standard InChI is InChI=1S/C18H18N2O2S2/c1-12(10-21)19-17(22)14-8-6-13(7-9-14)11-23-18-20-15-4-2-3-5-16(15)24-18/h2-9,12,21H,10-11H2,1H3,(H,19,22). The van der Waals surface area contributed by atoms with Gasteiger partial charge < -0.3 is 10.4 Å². The summed E-state index contributed by atoms with van der Waals surface area (Å²) >= 11 is 3.40. The van der Waals surface area contributed by atoms with Gasteiger partial charge in [0.25, 0.3) is 5.91 Å². The van der Waals surface area contributed by atoms with E-state index in [2.05, 4.69) is 16.4 Å². The van der Waals surface area contributed by atoms with Crippen molar-refractivity contribution >= 4 is 39.2 Å². The van der Waals surface area contributed by atoms with E-state index < -0.39 is 0 Å². The highest BCUT2D eigenvalue weighted by Crippen LogP contribution is 2.31. The third-order valence-corrected chi connectivity index (χ3v) is 5.75. The van der Waals surface area contributed by atoms with Gasteiger partial charge in [-0.1, -0.05) is 36.0 Å². The first-order valence-electron chi connectivity index (χ1n) is 7.65.